The van der Waals surface area contributed by atoms with Crippen LogP contribution in [0, 0.1) is 0 Å². The van der Waals surface area contributed by atoms with Crippen molar-refractivity contribution in [2.24, 2.45) is 0 Å². The predicted octanol–water partition coefficient (Wildman–Crippen LogP) is 5.69. The van der Waals surface area contributed by atoms with Crippen LogP contribution >= 0.6 is 50.2 Å². The minimum absolute atomic E-state index is 0.260. The Balaban J connectivity index is 1.64. The molecule has 2 heterocycles. The van der Waals surface area contributed by atoms with Crippen LogP contribution in [-0.2, 0) is 4.79 Å². The number of nitrogens with zero attached hydrogens (tertiary/aromatic N) is 1. The van der Waals surface area contributed by atoms with E-state index in [-0.39, 0.29) is 5.91 Å². The first-order valence-corrected chi connectivity index (χ1v) is 9.88. The van der Waals surface area contributed by atoms with Crippen LogP contribution in [-0.4, -0.2) is 17.0 Å². The molecule has 0 aliphatic heterocycles. The Kier molecular flexibility index (Phi) is 5.55. The summed E-state index contributed by atoms with van der Waals surface area (Å²) in [6, 6.07) is 9.11. The summed E-state index contributed by atoms with van der Waals surface area (Å²) in [6.07, 6.45) is -0.670. The molecule has 0 aliphatic rings. The molecule has 2 aromatic heterocycles. The lowest BCUT2D eigenvalue weighted by Crippen LogP contribution is -2.30. The molecular formula is C16H12BrClN2O2S2. The topological polar surface area (TPSA) is 51.2 Å². The molecule has 1 amide bonds. The van der Waals surface area contributed by atoms with E-state index in [1.165, 1.54) is 11.3 Å². The summed E-state index contributed by atoms with van der Waals surface area (Å²) in [5.74, 6) is 0.296. The van der Waals surface area contributed by atoms with Crippen molar-refractivity contribution in [3.8, 4) is 16.3 Å². The van der Waals surface area contributed by atoms with E-state index in [4.69, 9.17) is 16.3 Å². The maximum absolute atomic E-state index is 12.3. The van der Waals surface area contributed by atoms with Gasteiger partial charge in [-0.3, -0.25) is 10.1 Å². The summed E-state index contributed by atoms with van der Waals surface area (Å²) in [5.41, 5.74) is 0.860. The lowest BCUT2D eigenvalue weighted by atomic mass is 10.3. The zero-order chi connectivity index (χ0) is 17.1. The molecule has 124 valence electrons. The van der Waals surface area contributed by atoms with Crippen molar-refractivity contribution in [1.29, 1.82) is 0 Å². The highest BCUT2D eigenvalue weighted by molar-refractivity contribution is 9.10. The van der Waals surface area contributed by atoms with Crippen LogP contribution < -0.4 is 10.1 Å². The van der Waals surface area contributed by atoms with Gasteiger partial charge in [-0.2, -0.15) is 0 Å². The Morgan fingerprint density at radius 1 is 1.38 bits per heavy atom. The second-order valence-electron chi connectivity index (χ2n) is 4.84. The number of amides is 1. The van der Waals surface area contributed by atoms with Gasteiger partial charge in [-0.15, -0.1) is 22.7 Å². The summed E-state index contributed by atoms with van der Waals surface area (Å²) in [6.45, 7) is 1.68. The highest BCUT2D eigenvalue weighted by Gasteiger charge is 2.18. The first kappa shape index (κ1) is 17.4. The summed E-state index contributed by atoms with van der Waals surface area (Å²) in [7, 11) is 0. The molecule has 4 nitrogen and oxygen atoms in total. The van der Waals surface area contributed by atoms with Gasteiger partial charge in [-0.25, -0.2) is 4.98 Å². The lowest BCUT2D eigenvalue weighted by Gasteiger charge is -2.15. The summed E-state index contributed by atoms with van der Waals surface area (Å²) in [4.78, 5) is 17.8. The predicted molar refractivity (Wildman–Crippen MR) is 103 cm³/mol. The second-order valence-corrected chi connectivity index (χ2v) is 7.94. The number of thiophene rings is 1. The number of nitrogens with one attached hydrogen (secondary N) is 1. The molecule has 0 saturated heterocycles. The van der Waals surface area contributed by atoms with Gasteiger partial charge < -0.3 is 4.74 Å². The number of anilines is 1. The summed E-state index contributed by atoms with van der Waals surface area (Å²) < 4.78 is 6.37. The number of benzene rings is 1. The van der Waals surface area contributed by atoms with Gasteiger partial charge >= 0.3 is 0 Å². The normalized spacial score (nSPS) is 12.0. The van der Waals surface area contributed by atoms with Gasteiger partial charge in [0.1, 0.15) is 5.75 Å². The van der Waals surface area contributed by atoms with Crippen LogP contribution in [0.1, 0.15) is 6.92 Å². The van der Waals surface area contributed by atoms with Crippen molar-refractivity contribution in [1.82, 2.24) is 4.98 Å². The molecule has 0 fully saturated rings. The zero-order valence-corrected chi connectivity index (χ0v) is 16.4. The summed E-state index contributed by atoms with van der Waals surface area (Å²) >= 11 is 12.3. The number of carbonyl (C=O) groups excluding carboxylic acids is 1. The number of hydrogen-bond acceptors (Lipinski definition) is 5. The van der Waals surface area contributed by atoms with Crippen LogP contribution in [0.5, 0.6) is 5.75 Å². The first-order valence-electron chi connectivity index (χ1n) is 6.95. The van der Waals surface area contributed by atoms with Gasteiger partial charge in [0, 0.05) is 10.4 Å². The molecule has 1 aromatic carbocycles. The van der Waals surface area contributed by atoms with Gasteiger partial charge in [-0.05, 0) is 52.5 Å². The number of rotatable bonds is 5. The van der Waals surface area contributed by atoms with Crippen molar-refractivity contribution in [2.75, 3.05) is 5.32 Å². The minimum atomic E-state index is -0.670. The molecule has 1 atom stereocenters. The zero-order valence-electron chi connectivity index (χ0n) is 12.5. The van der Waals surface area contributed by atoms with E-state index >= 15 is 0 Å². The van der Waals surface area contributed by atoms with Crippen molar-refractivity contribution >= 4 is 61.2 Å². The van der Waals surface area contributed by atoms with Gasteiger partial charge in [-0.1, -0.05) is 17.7 Å². The molecule has 0 radical (unpaired) electrons. The third-order valence-corrected chi connectivity index (χ3v) is 5.58. The fourth-order valence-electron chi connectivity index (χ4n) is 1.89. The molecule has 24 heavy (non-hydrogen) atoms. The molecule has 0 spiro atoms. The Labute approximate surface area is 160 Å². The monoisotopic (exact) mass is 442 g/mol. The third-order valence-electron chi connectivity index (χ3n) is 3.07. The van der Waals surface area contributed by atoms with Crippen LogP contribution in [0.2, 0.25) is 5.02 Å². The molecule has 0 aliphatic carbocycles. The largest absolute Gasteiger partial charge is 0.480 e. The van der Waals surface area contributed by atoms with E-state index in [0.717, 1.165) is 10.6 Å². The van der Waals surface area contributed by atoms with E-state index in [1.54, 1.807) is 36.5 Å². The maximum Gasteiger partial charge on any atom is 0.266 e. The Bertz CT molecular complexity index is 852. The molecule has 0 saturated carbocycles. The average molecular weight is 444 g/mol. The molecule has 3 rings (SSSR count). The van der Waals surface area contributed by atoms with Gasteiger partial charge in [0.15, 0.2) is 11.2 Å². The number of aromatic nitrogens is 1. The Morgan fingerprint density at radius 3 is 2.92 bits per heavy atom. The fraction of sp³-hybridized carbons (Fsp3) is 0.125. The average Bonchev–Trinajstić information content (AvgIpc) is 3.20. The fourth-order valence-corrected chi connectivity index (χ4v) is 4.14. The van der Waals surface area contributed by atoms with Crippen LogP contribution in [0.3, 0.4) is 0 Å². The number of carbonyl (C=O) groups is 1. The standard InChI is InChI=1S/C16H12BrClN2O2S2/c1-9(22-13-5-4-10(18)7-11(13)17)15(21)20-16-19-12(8-24-16)14-3-2-6-23-14/h2-9H,1H3,(H,19,20,21). The van der Waals surface area contributed by atoms with E-state index in [1.807, 2.05) is 22.9 Å². The minimum Gasteiger partial charge on any atom is -0.480 e. The number of hydrogen-bond donors (Lipinski definition) is 1. The van der Waals surface area contributed by atoms with Gasteiger partial charge in [0.25, 0.3) is 5.91 Å². The van der Waals surface area contributed by atoms with E-state index in [0.29, 0.717) is 20.4 Å². The van der Waals surface area contributed by atoms with Crippen molar-refractivity contribution < 1.29 is 9.53 Å². The van der Waals surface area contributed by atoms with Gasteiger partial charge in [0.2, 0.25) is 0 Å². The molecule has 1 unspecified atom stereocenters. The molecule has 3 aromatic rings. The van der Waals surface area contributed by atoms with Crippen molar-refractivity contribution in [3.63, 3.8) is 0 Å². The number of halogens is 2. The van der Waals surface area contributed by atoms with Crippen LogP contribution in [0.15, 0.2) is 45.6 Å². The third kappa shape index (κ3) is 4.16. The molecular weight excluding hydrogens is 432 g/mol. The lowest BCUT2D eigenvalue weighted by molar-refractivity contribution is -0.122. The van der Waals surface area contributed by atoms with Crippen molar-refractivity contribution in [2.45, 2.75) is 13.0 Å². The number of ether oxygens (including phenoxy) is 1. The number of thiazole rings is 1. The molecule has 1 N–H and O–H groups in total. The highest BCUT2D eigenvalue weighted by atomic mass is 79.9. The SMILES string of the molecule is CC(Oc1ccc(Cl)cc1Br)C(=O)Nc1nc(-c2cccs2)cs1. The summed E-state index contributed by atoms with van der Waals surface area (Å²) in [5, 5.41) is 7.84. The first-order chi connectivity index (χ1) is 11.5. The highest BCUT2D eigenvalue weighted by Crippen LogP contribution is 2.30. The smallest absolute Gasteiger partial charge is 0.266 e. The molecule has 0 bridgehead atoms. The second kappa shape index (κ2) is 7.65. The Hall–Kier alpha value is -1.41. The van der Waals surface area contributed by atoms with Crippen LogP contribution in [0.4, 0.5) is 5.13 Å². The Morgan fingerprint density at radius 2 is 2.21 bits per heavy atom. The van der Waals surface area contributed by atoms with E-state index < -0.39 is 6.10 Å². The van der Waals surface area contributed by atoms with Crippen LogP contribution in [0.25, 0.3) is 10.6 Å². The quantitative estimate of drug-likeness (QED) is 0.551. The van der Waals surface area contributed by atoms with E-state index in [2.05, 4.69) is 26.2 Å². The maximum atomic E-state index is 12.3. The van der Waals surface area contributed by atoms with Gasteiger partial charge in [0.05, 0.1) is 15.0 Å². The molecule has 8 heteroatoms. The van der Waals surface area contributed by atoms with Crippen molar-refractivity contribution in [3.05, 3.63) is 50.6 Å². The van der Waals surface area contributed by atoms with E-state index in [9.17, 15) is 4.79 Å².